The van der Waals surface area contributed by atoms with Gasteiger partial charge in [-0.15, -0.1) is 0 Å². The lowest BCUT2D eigenvalue weighted by molar-refractivity contribution is -0.109. The Morgan fingerprint density at radius 2 is 1.77 bits per heavy atom. The van der Waals surface area contributed by atoms with Gasteiger partial charge in [0.1, 0.15) is 0 Å². The smallest absolute Gasteiger partial charge is 0.400 e. The van der Waals surface area contributed by atoms with Crippen LogP contribution in [0.3, 0.4) is 0 Å². The van der Waals surface area contributed by atoms with Crippen LogP contribution in [0.5, 0.6) is 0 Å². The van der Waals surface area contributed by atoms with E-state index in [9.17, 15) is 9.59 Å². The van der Waals surface area contributed by atoms with E-state index < -0.39 is 18.3 Å². The number of ketones is 1. The van der Waals surface area contributed by atoms with Crippen molar-refractivity contribution in [1.82, 2.24) is 0 Å². The summed E-state index contributed by atoms with van der Waals surface area (Å²) < 4.78 is 12.3. The third-order valence-electron chi connectivity index (χ3n) is 4.88. The van der Waals surface area contributed by atoms with E-state index in [0.717, 1.165) is 11.0 Å². The van der Waals surface area contributed by atoms with Crippen LogP contribution in [0, 0.1) is 0 Å². The van der Waals surface area contributed by atoms with E-state index in [1.54, 1.807) is 6.92 Å². The second-order valence-corrected chi connectivity index (χ2v) is 8.64. The molecule has 0 aliphatic carbocycles. The summed E-state index contributed by atoms with van der Waals surface area (Å²) in [5.74, 6) is 0.591. The molecule has 0 amide bonds. The van der Waals surface area contributed by atoms with Crippen molar-refractivity contribution in [2.45, 2.75) is 59.2 Å². The van der Waals surface area contributed by atoms with Crippen LogP contribution in [0.1, 0.15) is 63.9 Å². The van der Waals surface area contributed by atoms with Crippen molar-refractivity contribution in [1.29, 1.82) is 0 Å². The van der Waals surface area contributed by atoms with Gasteiger partial charge in [-0.2, -0.15) is 0 Å². The van der Waals surface area contributed by atoms with Gasteiger partial charge in [-0.25, -0.2) is 0 Å². The summed E-state index contributed by atoms with van der Waals surface area (Å²) in [6.45, 7) is 11.4. The number of thioether (sulfide) groups is 1. The summed E-state index contributed by atoms with van der Waals surface area (Å²) in [7, 11) is -0.516. The molecule has 1 heterocycles. The fraction of sp³-hybridized carbons (Fsp3) is 0.500. The molecule has 26 heavy (non-hydrogen) atoms. The minimum Gasteiger partial charge on any atom is -0.400 e. The van der Waals surface area contributed by atoms with Crippen LogP contribution in [0.15, 0.2) is 29.7 Å². The topological polar surface area (TPSA) is 52.6 Å². The normalized spacial score (nSPS) is 18.8. The maximum Gasteiger partial charge on any atom is 0.491 e. The lowest BCUT2D eigenvalue weighted by Crippen LogP contribution is -2.41. The number of Topliss-reactive ketones (excluding diaryl/α,β-unsaturated/α-hetero) is 1. The van der Waals surface area contributed by atoms with Gasteiger partial charge in [0, 0.05) is 24.7 Å². The molecule has 0 N–H and O–H groups in total. The van der Waals surface area contributed by atoms with Gasteiger partial charge in [-0.3, -0.25) is 9.59 Å². The second kappa shape index (κ2) is 8.11. The Kier molecular flexibility index (Phi) is 6.53. The SMILES string of the molecule is CCC(=O)c1cccc(C=C(CSC(C)=O)B2OC(C)(C)C(C)(C)O2)c1. The lowest BCUT2D eigenvalue weighted by Gasteiger charge is -2.32. The van der Waals surface area contributed by atoms with Crippen LogP contribution in [-0.4, -0.2) is 35.0 Å². The molecule has 0 saturated carbocycles. The van der Waals surface area contributed by atoms with Crippen LogP contribution < -0.4 is 0 Å². The minimum atomic E-state index is -0.516. The first kappa shape index (κ1) is 20.9. The van der Waals surface area contributed by atoms with E-state index in [4.69, 9.17) is 9.31 Å². The third-order valence-corrected chi connectivity index (χ3v) is 5.76. The third kappa shape index (κ3) is 4.87. The van der Waals surface area contributed by atoms with E-state index >= 15 is 0 Å². The van der Waals surface area contributed by atoms with Gasteiger partial charge in [0.2, 0.25) is 0 Å². The standard InChI is InChI=1S/C20H27BO4S/c1-7-18(23)16-10-8-9-15(11-16)12-17(13-26-14(2)22)21-24-19(3,4)20(5,6)25-21/h8-12H,7,13H2,1-6H3. The molecule has 4 nitrogen and oxygen atoms in total. The minimum absolute atomic E-state index is 0.0438. The predicted octanol–water partition coefficient (Wildman–Crippen LogP) is 4.57. The Bertz CT molecular complexity index is 708. The molecule has 1 aliphatic rings. The summed E-state index contributed by atoms with van der Waals surface area (Å²) in [5.41, 5.74) is 1.58. The molecule has 1 aliphatic heterocycles. The van der Waals surface area contributed by atoms with E-state index in [2.05, 4.69) is 0 Å². The Morgan fingerprint density at radius 1 is 1.15 bits per heavy atom. The highest BCUT2D eigenvalue weighted by Crippen LogP contribution is 2.39. The number of carbonyl (C=O) groups is 2. The summed E-state index contributed by atoms with van der Waals surface area (Å²) in [4.78, 5) is 23.4. The van der Waals surface area contributed by atoms with Gasteiger partial charge in [0.25, 0.3) is 0 Å². The van der Waals surface area contributed by atoms with Gasteiger partial charge in [0.15, 0.2) is 10.9 Å². The highest BCUT2D eigenvalue weighted by Gasteiger charge is 2.52. The predicted molar refractivity (Wildman–Crippen MR) is 108 cm³/mol. The summed E-state index contributed by atoms with van der Waals surface area (Å²) >= 11 is 1.23. The van der Waals surface area contributed by atoms with Crippen LogP contribution >= 0.6 is 11.8 Å². The van der Waals surface area contributed by atoms with Crippen molar-refractivity contribution in [3.05, 3.63) is 40.9 Å². The molecule has 6 heteroatoms. The van der Waals surface area contributed by atoms with Gasteiger partial charge in [0.05, 0.1) is 11.2 Å². The van der Waals surface area contributed by atoms with Crippen LogP contribution in [0.2, 0.25) is 0 Å². The second-order valence-electron chi connectivity index (χ2n) is 7.49. The molecular formula is C20H27BO4S. The van der Waals surface area contributed by atoms with Crippen molar-refractivity contribution < 1.29 is 18.9 Å². The number of benzene rings is 1. The first-order valence-electron chi connectivity index (χ1n) is 8.88. The van der Waals surface area contributed by atoms with Gasteiger partial charge < -0.3 is 9.31 Å². The van der Waals surface area contributed by atoms with Gasteiger partial charge in [-0.05, 0) is 44.8 Å². The Balaban J connectivity index is 2.35. The molecule has 0 unspecified atom stereocenters. The van der Waals surface area contributed by atoms with E-state index in [1.807, 2.05) is 65.0 Å². The highest BCUT2D eigenvalue weighted by molar-refractivity contribution is 8.13. The molecule has 1 fully saturated rings. The number of hydrogen-bond acceptors (Lipinski definition) is 5. The average Bonchev–Trinajstić information content (AvgIpc) is 2.78. The number of hydrogen-bond donors (Lipinski definition) is 0. The largest absolute Gasteiger partial charge is 0.491 e. The molecule has 1 aromatic carbocycles. The zero-order valence-corrected chi connectivity index (χ0v) is 17.2. The lowest BCUT2D eigenvalue weighted by atomic mass is 9.78. The molecule has 0 radical (unpaired) electrons. The first-order chi connectivity index (χ1) is 12.1. The average molecular weight is 374 g/mol. The fourth-order valence-corrected chi connectivity index (χ4v) is 3.17. The van der Waals surface area contributed by atoms with E-state index in [0.29, 0.717) is 17.7 Å². The maximum absolute atomic E-state index is 12.0. The maximum atomic E-state index is 12.0. The first-order valence-corrected chi connectivity index (χ1v) is 9.87. The zero-order chi connectivity index (χ0) is 19.5. The molecule has 0 spiro atoms. The van der Waals surface area contributed by atoms with Crippen molar-refractivity contribution in [2.24, 2.45) is 0 Å². The molecule has 0 aromatic heterocycles. The number of rotatable bonds is 6. The molecule has 0 atom stereocenters. The Labute approximate surface area is 160 Å². The van der Waals surface area contributed by atoms with Crippen molar-refractivity contribution in [2.75, 3.05) is 5.75 Å². The van der Waals surface area contributed by atoms with Gasteiger partial charge in [-0.1, -0.05) is 43.0 Å². The Hall–Kier alpha value is -1.37. The Morgan fingerprint density at radius 3 is 2.31 bits per heavy atom. The van der Waals surface area contributed by atoms with Crippen molar-refractivity contribution in [3.8, 4) is 0 Å². The molecule has 140 valence electrons. The van der Waals surface area contributed by atoms with Crippen molar-refractivity contribution >= 4 is 35.9 Å². The quantitative estimate of drug-likeness (QED) is 0.539. The summed E-state index contributed by atoms with van der Waals surface area (Å²) in [6.07, 6.45) is 2.43. The fourth-order valence-electron chi connectivity index (χ4n) is 2.58. The van der Waals surface area contributed by atoms with E-state index in [-0.39, 0.29) is 10.9 Å². The summed E-state index contributed by atoms with van der Waals surface area (Å²) in [6, 6.07) is 7.50. The highest BCUT2D eigenvalue weighted by atomic mass is 32.2. The molecule has 1 saturated heterocycles. The van der Waals surface area contributed by atoms with Crippen LogP contribution in [0.25, 0.3) is 6.08 Å². The molecule has 2 rings (SSSR count). The zero-order valence-electron chi connectivity index (χ0n) is 16.4. The van der Waals surface area contributed by atoms with Crippen LogP contribution in [-0.2, 0) is 14.1 Å². The summed E-state index contributed by atoms with van der Waals surface area (Å²) in [5, 5.41) is 0.0438. The molecular weight excluding hydrogens is 347 g/mol. The molecule has 0 bridgehead atoms. The van der Waals surface area contributed by atoms with Crippen molar-refractivity contribution in [3.63, 3.8) is 0 Å². The number of carbonyl (C=O) groups excluding carboxylic acids is 2. The monoisotopic (exact) mass is 374 g/mol. The van der Waals surface area contributed by atoms with E-state index in [1.165, 1.54) is 11.8 Å². The molecule has 1 aromatic rings. The van der Waals surface area contributed by atoms with Gasteiger partial charge >= 0.3 is 7.12 Å². The van der Waals surface area contributed by atoms with Crippen LogP contribution in [0.4, 0.5) is 0 Å².